The number of rotatable bonds is 6. The first kappa shape index (κ1) is 13.7. The fraction of sp³-hybridized carbons (Fsp3) is 0.636. The van der Waals surface area contributed by atoms with E-state index in [4.69, 9.17) is 5.11 Å². The van der Waals surface area contributed by atoms with E-state index in [1.807, 2.05) is 0 Å². The van der Waals surface area contributed by atoms with Crippen LogP contribution in [0.1, 0.15) is 12.1 Å². The highest BCUT2D eigenvalue weighted by Crippen LogP contribution is 1.92. The maximum Gasteiger partial charge on any atom is 0.330 e. The lowest BCUT2D eigenvalue weighted by Gasteiger charge is -2.11. The van der Waals surface area contributed by atoms with E-state index < -0.39 is 0 Å². The molecule has 1 rings (SSSR count). The number of aliphatic hydroxyl groups excluding tert-OH is 1. The van der Waals surface area contributed by atoms with Crippen molar-refractivity contribution in [3.05, 3.63) is 32.6 Å². The van der Waals surface area contributed by atoms with Gasteiger partial charge < -0.3 is 10.4 Å². The minimum atomic E-state index is -0.280. The number of hydrogen-bond acceptors (Lipinski definition) is 4. The molecule has 0 aromatic carbocycles. The number of hydrogen-bond donors (Lipinski definition) is 2. The molecule has 1 heterocycles. The topological polar surface area (TPSA) is 76.3 Å². The molecule has 1 aromatic rings. The van der Waals surface area contributed by atoms with Crippen molar-refractivity contribution < 1.29 is 5.11 Å². The average molecular weight is 241 g/mol. The predicted molar refractivity (Wildman–Crippen MR) is 65.3 cm³/mol. The van der Waals surface area contributed by atoms with Gasteiger partial charge in [-0.05, 0) is 19.9 Å². The molecular formula is C11H19N3O3. The summed E-state index contributed by atoms with van der Waals surface area (Å²) in [4.78, 5) is 23.1. The normalized spacial score (nSPS) is 10.8. The SMILES string of the molecule is Cc1cc(=O)n(C)c(=O)n1CCCNCCO. The second-order valence-electron chi connectivity index (χ2n) is 3.94. The van der Waals surface area contributed by atoms with Crippen LogP contribution in [0, 0.1) is 6.92 Å². The molecule has 0 fully saturated rings. The third-order valence-electron chi connectivity index (χ3n) is 2.63. The molecule has 0 saturated heterocycles. The zero-order valence-electron chi connectivity index (χ0n) is 10.3. The van der Waals surface area contributed by atoms with E-state index in [1.165, 1.54) is 13.1 Å². The van der Waals surface area contributed by atoms with Crippen molar-refractivity contribution in [2.75, 3.05) is 19.7 Å². The van der Waals surface area contributed by atoms with Crippen molar-refractivity contribution in [2.45, 2.75) is 19.9 Å². The lowest BCUT2D eigenvalue weighted by atomic mass is 10.3. The number of aromatic nitrogens is 2. The van der Waals surface area contributed by atoms with E-state index in [0.29, 0.717) is 18.8 Å². The first-order chi connectivity index (χ1) is 8.07. The van der Waals surface area contributed by atoms with Crippen molar-refractivity contribution in [2.24, 2.45) is 7.05 Å². The summed E-state index contributed by atoms with van der Waals surface area (Å²) >= 11 is 0. The minimum Gasteiger partial charge on any atom is -0.395 e. The summed E-state index contributed by atoms with van der Waals surface area (Å²) in [5, 5.41) is 11.6. The summed E-state index contributed by atoms with van der Waals surface area (Å²) in [5.41, 5.74) is 0.125. The molecule has 0 radical (unpaired) electrons. The quantitative estimate of drug-likeness (QED) is 0.615. The van der Waals surface area contributed by atoms with Crippen LogP contribution in [0.3, 0.4) is 0 Å². The van der Waals surface area contributed by atoms with Gasteiger partial charge in [0, 0.05) is 31.9 Å². The molecule has 0 amide bonds. The lowest BCUT2D eigenvalue weighted by molar-refractivity contribution is 0.291. The van der Waals surface area contributed by atoms with Gasteiger partial charge in [-0.2, -0.15) is 0 Å². The van der Waals surface area contributed by atoms with Crippen LogP contribution in [0.4, 0.5) is 0 Å². The second kappa shape index (κ2) is 6.36. The van der Waals surface area contributed by atoms with E-state index in [2.05, 4.69) is 5.32 Å². The maximum atomic E-state index is 11.8. The Kier molecular flexibility index (Phi) is 5.11. The van der Waals surface area contributed by atoms with Crippen LogP contribution in [0.15, 0.2) is 15.7 Å². The summed E-state index contributed by atoms with van der Waals surface area (Å²) in [6.45, 7) is 3.72. The Morgan fingerprint density at radius 3 is 2.71 bits per heavy atom. The number of nitrogens with one attached hydrogen (secondary N) is 1. The Labute approximate surface area is 99.5 Å². The maximum absolute atomic E-state index is 11.8. The molecule has 17 heavy (non-hydrogen) atoms. The van der Waals surface area contributed by atoms with E-state index >= 15 is 0 Å². The largest absolute Gasteiger partial charge is 0.395 e. The summed E-state index contributed by atoms with van der Waals surface area (Å²) < 4.78 is 2.69. The first-order valence-electron chi connectivity index (χ1n) is 5.67. The van der Waals surface area contributed by atoms with Gasteiger partial charge in [0.1, 0.15) is 0 Å². The molecule has 96 valence electrons. The van der Waals surface area contributed by atoms with Crippen molar-refractivity contribution >= 4 is 0 Å². The van der Waals surface area contributed by atoms with E-state index in [-0.39, 0.29) is 17.9 Å². The highest BCUT2D eigenvalue weighted by molar-refractivity contribution is 4.99. The van der Waals surface area contributed by atoms with E-state index in [9.17, 15) is 9.59 Å². The summed E-state index contributed by atoms with van der Waals surface area (Å²) in [5.74, 6) is 0. The molecule has 0 bridgehead atoms. The fourth-order valence-electron chi connectivity index (χ4n) is 1.62. The number of aliphatic hydroxyl groups is 1. The van der Waals surface area contributed by atoms with Crippen LogP contribution in [0.2, 0.25) is 0 Å². The van der Waals surface area contributed by atoms with Gasteiger partial charge in [-0.1, -0.05) is 0 Å². The van der Waals surface area contributed by atoms with Gasteiger partial charge in [0.15, 0.2) is 0 Å². The predicted octanol–water partition coefficient (Wildman–Crippen LogP) is -1.17. The van der Waals surface area contributed by atoms with Gasteiger partial charge in [-0.15, -0.1) is 0 Å². The summed E-state index contributed by atoms with van der Waals surface area (Å²) in [6.07, 6.45) is 0.777. The molecule has 2 N–H and O–H groups in total. The van der Waals surface area contributed by atoms with Gasteiger partial charge in [0.25, 0.3) is 5.56 Å². The summed E-state index contributed by atoms with van der Waals surface area (Å²) in [6, 6.07) is 1.46. The van der Waals surface area contributed by atoms with Gasteiger partial charge in [-0.3, -0.25) is 13.9 Å². The lowest BCUT2D eigenvalue weighted by Crippen LogP contribution is -2.39. The molecule has 0 aliphatic rings. The molecule has 0 aliphatic heterocycles. The van der Waals surface area contributed by atoms with E-state index in [1.54, 1.807) is 11.5 Å². The van der Waals surface area contributed by atoms with Crippen LogP contribution in [-0.4, -0.2) is 33.9 Å². The Morgan fingerprint density at radius 1 is 1.35 bits per heavy atom. The van der Waals surface area contributed by atoms with Crippen LogP contribution in [0.25, 0.3) is 0 Å². The standard InChI is InChI=1S/C11H19N3O3/c1-9-8-10(16)13(2)11(17)14(9)6-3-4-12-5-7-15/h8,12,15H,3-7H2,1-2H3. The highest BCUT2D eigenvalue weighted by atomic mass is 16.3. The van der Waals surface area contributed by atoms with Crippen molar-refractivity contribution in [1.82, 2.24) is 14.5 Å². The molecule has 6 heteroatoms. The average Bonchev–Trinajstić information content (AvgIpc) is 2.30. The van der Waals surface area contributed by atoms with Crippen molar-refractivity contribution in [3.63, 3.8) is 0 Å². The van der Waals surface area contributed by atoms with Crippen LogP contribution < -0.4 is 16.6 Å². The Morgan fingerprint density at radius 2 is 2.06 bits per heavy atom. The molecule has 0 aliphatic carbocycles. The number of nitrogens with zero attached hydrogens (tertiary/aromatic N) is 2. The molecule has 0 spiro atoms. The van der Waals surface area contributed by atoms with Crippen LogP contribution in [0.5, 0.6) is 0 Å². The highest BCUT2D eigenvalue weighted by Gasteiger charge is 2.04. The van der Waals surface area contributed by atoms with Crippen molar-refractivity contribution in [3.8, 4) is 0 Å². The Balaban J connectivity index is 2.69. The molecule has 0 unspecified atom stereocenters. The molecule has 0 atom stereocenters. The van der Waals surface area contributed by atoms with Crippen molar-refractivity contribution in [1.29, 1.82) is 0 Å². The molecule has 0 saturated carbocycles. The second-order valence-corrected chi connectivity index (χ2v) is 3.94. The van der Waals surface area contributed by atoms with Gasteiger partial charge in [0.2, 0.25) is 0 Å². The van der Waals surface area contributed by atoms with Gasteiger partial charge in [0.05, 0.1) is 6.61 Å². The zero-order valence-corrected chi connectivity index (χ0v) is 10.3. The summed E-state index contributed by atoms with van der Waals surface area (Å²) in [7, 11) is 1.48. The Hall–Kier alpha value is -1.40. The molecular weight excluding hydrogens is 222 g/mol. The fourth-order valence-corrected chi connectivity index (χ4v) is 1.62. The third kappa shape index (κ3) is 3.54. The zero-order chi connectivity index (χ0) is 12.8. The molecule has 1 aromatic heterocycles. The monoisotopic (exact) mass is 241 g/mol. The smallest absolute Gasteiger partial charge is 0.330 e. The van der Waals surface area contributed by atoms with Crippen LogP contribution in [-0.2, 0) is 13.6 Å². The van der Waals surface area contributed by atoms with E-state index in [0.717, 1.165) is 17.5 Å². The van der Waals surface area contributed by atoms with Gasteiger partial charge >= 0.3 is 5.69 Å². The number of aryl methyl sites for hydroxylation is 1. The minimum absolute atomic E-state index is 0.110. The van der Waals surface area contributed by atoms with Gasteiger partial charge in [-0.25, -0.2) is 4.79 Å². The molecule has 6 nitrogen and oxygen atoms in total. The first-order valence-corrected chi connectivity index (χ1v) is 5.67. The Bertz CT molecular complexity index is 476. The third-order valence-corrected chi connectivity index (χ3v) is 2.63. The van der Waals surface area contributed by atoms with Crippen LogP contribution >= 0.6 is 0 Å².